The molecule has 0 aliphatic heterocycles. The summed E-state index contributed by atoms with van der Waals surface area (Å²) in [4.78, 5) is 0. The van der Waals surface area contributed by atoms with Crippen molar-refractivity contribution in [2.75, 3.05) is 0 Å². The highest BCUT2D eigenvalue weighted by atomic mass is 16.3. The van der Waals surface area contributed by atoms with Crippen molar-refractivity contribution in [2.24, 2.45) is 0 Å². The van der Waals surface area contributed by atoms with Gasteiger partial charge in [0, 0.05) is 0 Å². The summed E-state index contributed by atoms with van der Waals surface area (Å²) in [6, 6.07) is 8.07. The third kappa shape index (κ3) is 2.51. The van der Waals surface area contributed by atoms with Crippen LogP contribution in [0.25, 0.3) is 0 Å². The lowest BCUT2D eigenvalue weighted by molar-refractivity contribution is -0.0244. The molecular weight excluding hydrogens is 248 g/mol. The van der Waals surface area contributed by atoms with E-state index in [-0.39, 0.29) is 0 Å². The molecule has 2 N–H and O–H groups in total. The van der Waals surface area contributed by atoms with Gasteiger partial charge in [-0.2, -0.15) is 0 Å². The Morgan fingerprint density at radius 1 is 0.600 bits per heavy atom. The number of hydrogen-bond donors (Lipinski definition) is 2. The van der Waals surface area contributed by atoms with E-state index >= 15 is 0 Å². The maximum Gasteiger partial charge on any atom is 0.0900 e. The highest BCUT2D eigenvalue weighted by molar-refractivity contribution is 5.37. The third-order valence-electron chi connectivity index (χ3n) is 5.29. The van der Waals surface area contributed by atoms with Crippen molar-refractivity contribution in [1.29, 1.82) is 0 Å². The first kappa shape index (κ1) is 14.1. The summed E-state index contributed by atoms with van der Waals surface area (Å²) in [5, 5.41) is 22.1. The van der Waals surface area contributed by atoms with Gasteiger partial charge in [0.15, 0.2) is 0 Å². The molecular formula is C18H26O2. The fraction of sp³-hybridized carbons (Fsp3) is 0.667. The first-order valence-electron chi connectivity index (χ1n) is 8.19. The molecule has 2 fully saturated rings. The zero-order valence-electron chi connectivity index (χ0n) is 12.3. The Labute approximate surface area is 121 Å². The second-order valence-corrected chi connectivity index (χ2v) is 6.73. The summed E-state index contributed by atoms with van der Waals surface area (Å²) in [6.07, 6.45) is 10.1. The van der Waals surface area contributed by atoms with Crippen LogP contribution in [0.4, 0.5) is 0 Å². The van der Waals surface area contributed by atoms with Crippen LogP contribution in [0.1, 0.15) is 75.3 Å². The summed E-state index contributed by atoms with van der Waals surface area (Å²) >= 11 is 0. The van der Waals surface area contributed by atoms with Gasteiger partial charge in [-0.15, -0.1) is 0 Å². The first-order valence-corrected chi connectivity index (χ1v) is 8.19. The summed E-state index contributed by atoms with van der Waals surface area (Å²) in [6.45, 7) is 0. The zero-order chi connectivity index (χ0) is 14.1. The van der Waals surface area contributed by atoms with Gasteiger partial charge in [-0.05, 0) is 36.8 Å². The maximum atomic E-state index is 11.1. The standard InChI is InChI=1S/C18H26O2/c19-17(11-5-1-6-12-17)15-9-3-4-10-16(15)18(20)13-7-2-8-14-18/h3-4,9-10,19-20H,1-2,5-8,11-14H2. The molecule has 0 radical (unpaired) electrons. The van der Waals surface area contributed by atoms with Gasteiger partial charge < -0.3 is 10.2 Å². The van der Waals surface area contributed by atoms with E-state index in [9.17, 15) is 10.2 Å². The second kappa shape index (κ2) is 5.50. The molecule has 2 saturated carbocycles. The van der Waals surface area contributed by atoms with Crippen molar-refractivity contribution >= 4 is 0 Å². The van der Waals surface area contributed by atoms with Crippen LogP contribution >= 0.6 is 0 Å². The zero-order valence-corrected chi connectivity index (χ0v) is 12.3. The van der Waals surface area contributed by atoms with Crippen LogP contribution in [0.2, 0.25) is 0 Å². The molecule has 0 saturated heterocycles. The van der Waals surface area contributed by atoms with Crippen molar-refractivity contribution in [2.45, 2.75) is 75.4 Å². The lowest BCUT2D eigenvalue weighted by Gasteiger charge is -2.40. The highest BCUT2D eigenvalue weighted by Gasteiger charge is 2.39. The number of benzene rings is 1. The molecule has 0 atom stereocenters. The normalized spacial score (nSPS) is 25.3. The van der Waals surface area contributed by atoms with Gasteiger partial charge >= 0.3 is 0 Å². The monoisotopic (exact) mass is 274 g/mol. The average molecular weight is 274 g/mol. The summed E-state index contributed by atoms with van der Waals surface area (Å²) in [5.41, 5.74) is 0.539. The lowest BCUT2D eigenvalue weighted by atomic mass is 9.71. The van der Waals surface area contributed by atoms with Crippen LogP contribution < -0.4 is 0 Å². The van der Waals surface area contributed by atoms with Crippen molar-refractivity contribution in [3.8, 4) is 0 Å². The Balaban J connectivity index is 1.99. The molecule has 20 heavy (non-hydrogen) atoms. The third-order valence-corrected chi connectivity index (χ3v) is 5.29. The molecule has 0 aromatic heterocycles. The minimum Gasteiger partial charge on any atom is -0.385 e. The van der Waals surface area contributed by atoms with Crippen LogP contribution in [0.5, 0.6) is 0 Å². The Bertz CT molecular complexity index is 411. The maximum absolute atomic E-state index is 11.1. The van der Waals surface area contributed by atoms with Crippen LogP contribution in [0, 0.1) is 0 Å². The van der Waals surface area contributed by atoms with Crippen molar-refractivity contribution in [3.05, 3.63) is 35.4 Å². The minimum atomic E-state index is -0.720. The second-order valence-electron chi connectivity index (χ2n) is 6.73. The van der Waals surface area contributed by atoms with Gasteiger partial charge in [-0.3, -0.25) is 0 Å². The molecule has 0 spiro atoms. The predicted molar refractivity (Wildman–Crippen MR) is 80.4 cm³/mol. The van der Waals surface area contributed by atoms with Crippen molar-refractivity contribution in [1.82, 2.24) is 0 Å². The van der Waals surface area contributed by atoms with Crippen LogP contribution in [0.15, 0.2) is 24.3 Å². The SMILES string of the molecule is OC1(c2ccccc2C2(O)CCCCC2)CCCCC1. The smallest absolute Gasteiger partial charge is 0.0900 e. The molecule has 0 bridgehead atoms. The van der Waals surface area contributed by atoms with Gasteiger partial charge in [-0.25, -0.2) is 0 Å². The number of hydrogen-bond acceptors (Lipinski definition) is 2. The van der Waals surface area contributed by atoms with E-state index in [1.54, 1.807) is 0 Å². The number of aliphatic hydroxyl groups is 2. The molecule has 2 nitrogen and oxygen atoms in total. The van der Waals surface area contributed by atoms with Crippen molar-refractivity contribution < 1.29 is 10.2 Å². The van der Waals surface area contributed by atoms with Crippen LogP contribution in [-0.4, -0.2) is 10.2 Å². The van der Waals surface area contributed by atoms with E-state index < -0.39 is 11.2 Å². The molecule has 3 rings (SSSR count). The van der Waals surface area contributed by atoms with Gasteiger partial charge in [-0.1, -0.05) is 62.8 Å². The topological polar surface area (TPSA) is 40.5 Å². The van der Waals surface area contributed by atoms with Gasteiger partial charge in [0.1, 0.15) is 0 Å². The molecule has 1 aromatic carbocycles. The van der Waals surface area contributed by atoms with E-state index in [2.05, 4.69) is 0 Å². The van der Waals surface area contributed by atoms with Crippen LogP contribution in [0.3, 0.4) is 0 Å². The van der Waals surface area contributed by atoms with E-state index in [0.29, 0.717) is 0 Å². The molecule has 0 heterocycles. The van der Waals surface area contributed by atoms with Gasteiger partial charge in [0.05, 0.1) is 11.2 Å². The number of rotatable bonds is 2. The van der Waals surface area contributed by atoms with E-state index in [1.807, 2.05) is 24.3 Å². The minimum absolute atomic E-state index is 0.720. The Morgan fingerprint density at radius 2 is 0.950 bits per heavy atom. The molecule has 2 aliphatic carbocycles. The Hall–Kier alpha value is -0.860. The Morgan fingerprint density at radius 3 is 1.30 bits per heavy atom. The summed E-state index contributed by atoms with van der Waals surface area (Å²) in [5.74, 6) is 0. The summed E-state index contributed by atoms with van der Waals surface area (Å²) < 4.78 is 0. The predicted octanol–water partition coefficient (Wildman–Crippen LogP) is 3.99. The van der Waals surface area contributed by atoms with Crippen molar-refractivity contribution in [3.63, 3.8) is 0 Å². The van der Waals surface area contributed by atoms with E-state index in [0.717, 1.165) is 62.5 Å². The molecule has 1 aromatic rings. The summed E-state index contributed by atoms with van der Waals surface area (Å²) in [7, 11) is 0. The molecule has 0 unspecified atom stereocenters. The van der Waals surface area contributed by atoms with Gasteiger partial charge in [0.2, 0.25) is 0 Å². The van der Waals surface area contributed by atoms with E-state index in [4.69, 9.17) is 0 Å². The fourth-order valence-electron chi connectivity index (χ4n) is 4.11. The highest BCUT2D eigenvalue weighted by Crippen LogP contribution is 2.45. The Kier molecular flexibility index (Phi) is 3.87. The first-order chi connectivity index (χ1) is 9.64. The molecule has 2 aliphatic rings. The lowest BCUT2D eigenvalue weighted by Crippen LogP contribution is -2.36. The van der Waals surface area contributed by atoms with Gasteiger partial charge in [0.25, 0.3) is 0 Å². The molecule has 0 amide bonds. The molecule has 2 heteroatoms. The average Bonchev–Trinajstić information content (AvgIpc) is 2.49. The van der Waals surface area contributed by atoms with Crippen LogP contribution in [-0.2, 0) is 11.2 Å². The molecule has 110 valence electrons. The largest absolute Gasteiger partial charge is 0.385 e. The fourth-order valence-corrected chi connectivity index (χ4v) is 4.11. The quantitative estimate of drug-likeness (QED) is 0.856. The van der Waals surface area contributed by atoms with E-state index in [1.165, 1.54) is 12.8 Å².